The maximum atomic E-state index is 6.45. The Labute approximate surface area is 122 Å². The summed E-state index contributed by atoms with van der Waals surface area (Å²) in [6, 6.07) is 7.66. The van der Waals surface area contributed by atoms with Gasteiger partial charge in [0.05, 0.1) is 0 Å². The first-order valence-corrected chi connectivity index (χ1v) is 7.96. The Morgan fingerprint density at radius 2 is 1.95 bits per heavy atom. The van der Waals surface area contributed by atoms with E-state index in [-0.39, 0.29) is 6.04 Å². The first-order chi connectivity index (χ1) is 9.66. The summed E-state index contributed by atoms with van der Waals surface area (Å²) >= 11 is 0. The van der Waals surface area contributed by atoms with Crippen molar-refractivity contribution in [3.05, 3.63) is 29.3 Å². The minimum absolute atomic E-state index is 0.266. The van der Waals surface area contributed by atoms with E-state index < -0.39 is 0 Å². The Bertz CT molecular complexity index is 459. The predicted octanol–water partition coefficient (Wildman–Crippen LogP) is 2.55. The quantitative estimate of drug-likeness (QED) is 0.853. The van der Waals surface area contributed by atoms with Gasteiger partial charge in [-0.25, -0.2) is 0 Å². The zero-order valence-electron chi connectivity index (χ0n) is 12.8. The Morgan fingerprint density at radius 1 is 1.10 bits per heavy atom. The lowest BCUT2D eigenvalue weighted by atomic mass is 9.92. The third kappa shape index (κ3) is 2.57. The van der Waals surface area contributed by atoms with Crippen LogP contribution < -0.4 is 10.6 Å². The molecule has 0 bridgehead atoms. The fraction of sp³-hybridized carbons (Fsp3) is 0.647. The summed E-state index contributed by atoms with van der Waals surface area (Å²) in [7, 11) is 4.42. The second-order valence-corrected chi connectivity index (χ2v) is 6.50. The summed E-state index contributed by atoms with van der Waals surface area (Å²) in [5.41, 5.74) is 10.8. The van der Waals surface area contributed by atoms with Crippen LogP contribution >= 0.6 is 0 Å². The molecule has 0 aliphatic carbocycles. The number of likely N-dealkylation sites (tertiary alicyclic amines) is 1. The van der Waals surface area contributed by atoms with Crippen molar-refractivity contribution < 1.29 is 0 Å². The molecule has 2 aliphatic rings. The van der Waals surface area contributed by atoms with Crippen molar-refractivity contribution in [2.45, 2.75) is 44.2 Å². The lowest BCUT2D eigenvalue weighted by Gasteiger charge is -2.33. The van der Waals surface area contributed by atoms with Crippen LogP contribution in [-0.4, -0.2) is 38.1 Å². The molecule has 0 amide bonds. The zero-order valence-corrected chi connectivity index (χ0v) is 12.8. The number of nitrogens with two attached hydrogens (primary N) is 1. The molecule has 3 nitrogen and oxygen atoms in total. The summed E-state index contributed by atoms with van der Waals surface area (Å²) < 4.78 is 0. The second kappa shape index (κ2) is 5.74. The number of hydrogen-bond donors (Lipinski definition) is 1. The van der Waals surface area contributed by atoms with Gasteiger partial charge in [0, 0.05) is 31.4 Å². The van der Waals surface area contributed by atoms with Gasteiger partial charge >= 0.3 is 0 Å². The Balaban J connectivity index is 1.92. The zero-order chi connectivity index (χ0) is 14.1. The number of hydrogen-bond acceptors (Lipinski definition) is 3. The average molecular weight is 273 g/mol. The SMILES string of the molecule is CN1CCCc2cc(C3C(N)CCCCN3C)ccc21. The summed E-state index contributed by atoms with van der Waals surface area (Å²) in [4.78, 5) is 4.82. The maximum absolute atomic E-state index is 6.45. The molecule has 2 heterocycles. The van der Waals surface area contributed by atoms with E-state index >= 15 is 0 Å². The number of rotatable bonds is 1. The molecule has 0 spiro atoms. The number of likely N-dealkylation sites (N-methyl/N-ethyl adjacent to an activating group) is 1. The first kappa shape index (κ1) is 13.9. The first-order valence-electron chi connectivity index (χ1n) is 7.96. The minimum atomic E-state index is 0.266. The standard InChI is InChI=1S/C17H27N3/c1-19-11-5-6-13-12-14(8-9-16(13)19)17-15(18)7-3-4-10-20(17)2/h8-9,12,15,17H,3-7,10-11,18H2,1-2H3. The topological polar surface area (TPSA) is 32.5 Å². The monoisotopic (exact) mass is 273 g/mol. The van der Waals surface area contributed by atoms with Crippen LogP contribution in [-0.2, 0) is 6.42 Å². The van der Waals surface area contributed by atoms with Crippen molar-refractivity contribution in [1.82, 2.24) is 4.90 Å². The number of anilines is 1. The molecule has 1 saturated heterocycles. The minimum Gasteiger partial charge on any atom is -0.374 e. The van der Waals surface area contributed by atoms with Gasteiger partial charge in [0.2, 0.25) is 0 Å². The lowest BCUT2D eigenvalue weighted by Crippen LogP contribution is -2.37. The Hall–Kier alpha value is -1.06. The van der Waals surface area contributed by atoms with Crippen molar-refractivity contribution in [3.8, 4) is 0 Å². The van der Waals surface area contributed by atoms with Crippen molar-refractivity contribution in [3.63, 3.8) is 0 Å². The number of aryl methyl sites for hydroxylation is 1. The van der Waals surface area contributed by atoms with Gasteiger partial charge in [-0.2, -0.15) is 0 Å². The third-order valence-corrected chi connectivity index (χ3v) is 4.97. The predicted molar refractivity (Wildman–Crippen MR) is 85.2 cm³/mol. The molecule has 110 valence electrons. The van der Waals surface area contributed by atoms with E-state index in [4.69, 9.17) is 5.73 Å². The van der Waals surface area contributed by atoms with E-state index in [1.54, 1.807) is 0 Å². The van der Waals surface area contributed by atoms with Gasteiger partial charge in [0.1, 0.15) is 0 Å². The normalized spacial score (nSPS) is 28.1. The molecule has 2 unspecified atom stereocenters. The van der Waals surface area contributed by atoms with E-state index in [0.29, 0.717) is 6.04 Å². The van der Waals surface area contributed by atoms with Gasteiger partial charge in [-0.15, -0.1) is 0 Å². The van der Waals surface area contributed by atoms with Crippen LogP contribution in [0.2, 0.25) is 0 Å². The highest BCUT2D eigenvalue weighted by Crippen LogP contribution is 2.33. The number of nitrogens with zero attached hydrogens (tertiary/aromatic N) is 2. The molecular weight excluding hydrogens is 246 g/mol. The maximum Gasteiger partial charge on any atom is 0.0496 e. The van der Waals surface area contributed by atoms with Crippen LogP contribution in [0.1, 0.15) is 42.9 Å². The largest absolute Gasteiger partial charge is 0.374 e. The molecule has 2 atom stereocenters. The highest BCUT2D eigenvalue weighted by atomic mass is 15.1. The molecule has 2 N–H and O–H groups in total. The van der Waals surface area contributed by atoms with Crippen LogP contribution in [0.25, 0.3) is 0 Å². The molecule has 0 saturated carbocycles. The van der Waals surface area contributed by atoms with E-state index in [1.807, 2.05) is 0 Å². The Kier molecular flexibility index (Phi) is 3.99. The van der Waals surface area contributed by atoms with Gasteiger partial charge in [0.15, 0.2) is 0 Å². The van der Waals surface area contributed by atoms with Crippen LogP contribution in [0, 0.1) is 0 Å². The van der Waals surface area contributed by atoms with E-state index in [9.17, 15) is 0 Å². The molecular formula is C17H27N3. The van der Waals surface area contributed by atoms with Crippen molar-refractivity contribution in [2.75, 3.05) is 32.1 Å². The summed E-state index contributed by atoms with van der Waals surface area (Å²) in [6.45, 7) is 2.34. The van der Waals surface area contributed by atoms with E-state index in [2.05, 4.69) is 42.1 Å². The highest BCUT2D eigenvalue weighted by molar-refractivity contribution is 5.56. The average Bonchev–Trinajstić information content (AvgIpc) is 2.60. The summed E-state index contributed by atoms with van der Waals surface area (Å²) in [6.07, 6.45) is 6.15. The second-order valence-electron chi connectivity index (χ2n) is 6.50. The molecule has 0 radical (unpaired) electrons. The van der Waals surface area contributed by atoms with Crippen molar-refractivity contribution >= 4 is 5.69 Å². The van der Waals surface area contributed by atoms with Crippen LogP contribution in [0.5, 0.6) is 0 Å². The van der Waals surface area contributed by atoms with Gasteiger partial charge in [-0.1, -0.05) is 18.6 Å². The summed E-state index contributed by atoms with van der Waals surface area (Å²) in [5, 5.41) is 0. The molecule has 3 heteroatoms. The molecule has 1 aromatic rings. The van der Waals surface area contributed by atoms with Crippen molar-refractivity contribution in [1.29, 1.82) is 0 Å². The van der Waals surface area contributed by atoms with Gasteiger partial charge in [-0.3, -0.25) is 4.90 Å². The number of fused-ring (bicyclic) bond motifs is 1. The number of benzene rings is 1. The summed E-state index contributed by atoms with van der Waals surface area (Å²) in [5.74, 6) is 0. The molecule has 1 fully saturated rings. The van der Waals surface area contributed by atoms with Gasteiger partial charge < -0.3 is 10.6 Å². The van der Waals surface area contributed by atoms with Crippen LogP contribution in [0.4, 0.5) is 5.69 Å². The molecule has 20 heavy (non-hydrogen) atoms. The molecule has 1 aromatic carbocycles. The van der Waals surface area contributed by atoms with Gasteiger partial charge in [0.25, 0.3) is 0 Å². The van der Waals surface area contributed by atoms with Crippen molar-refractivity contribution in [2.24, 2.45) is 5.73 Å². The van der Waals surface area contributed by atoms with Gasteiger partial charge in [-0.05, 0) is 56.5 Å². The molecule has 3 rings (SSSR count). The molecule has 2 aliphatic heterocycles. The van der Waals surface area contributed by atoms with Crippen LogP contribution in [0.15, 0.2) is 18.2 Å². The third-order valence-electron chi connectivity index (χ3n) is 4.97. The Morgan fingerprint density at radius 3 is 2.80 bits per heavy atom. The molecule has 0 aromatic heterocycles. The lowest BCUT2D eigenvalue weighted by molar-refractivity contribution is 0.230. The smallest absolute Gasteiger partial charge is 0.0496 e. The van der Waals surface area contributed by atoms with Crippen LogP contribution in [0.3, 0.4) is 0 Å². The van der Waals surface area contributed by atoms with E-state index in [0.717, 1.165) is 13.0 Å². The van der Waals surface area contributed by atoms with E-state index in [1.165, 1.54) is 49.0 Å². The fourth-order valence-corrected chi connectivity index (χ4v) is 3.86. The fourth-order valence-electron chi connectivity index (χ4n) is 3.86. The highest BCUT2D eigenvalue weighted by Gasteiger charge is 2.27.